The van der Waals surface area contributed by atoms with Crippen molar-refractivity contribution in [3.8, 4) is 0 Å². The van der Waals surface area contributed by atoms with Crippen LogP contribution in [0.15, 0.2) is 60.3 Å². The van der Waals surface area contributed by atoms with E-state index in [9.17, 15) is 14.4 Å². The molecule has 0 aliphatic heterocycles. The van der Waals surface area contributed by atoms with Gasteiger partial charge in [0.15, 0.2) is 11.6 Å². The Labute approximate surface area is 174 Å². The van der Waals surface area contributed by atoms with Crippen molar-refractivity contribution in [1.29, 1.82) is 0 Å². The molecule has 2 unspecified atom stereocenters. The number of ether oxygens (including phenoxy) is 1. The van der Waals surface area contributed by atoms with E-state index in [0.29, 0.717) is 34.0 Å². The predicted octanol–water partition coefficient (Wildman–Crippen LogP) is 4.66. The number of hydrogen-bond donors (Lipinski definition) is 1. The smallest absolute Gasteiger partial charge is 0.317 e. The van der Waals surface area contributed by atoms with Gasteiger partial charge >= 0.3 is 5.97 Å². The largest absolute Gasteiger partial charge is 0.465 e. The fraction of sp³-hybridized carbons (Fsp3) is 0.261. The highest BCUT2D eigenvalue weighted by atomic mass is 35.5. The number of allylic oxidation sites excluding steroid dienone is 2. The molecule has 2 aromatic rings. The van der Waals surface area contributed by atoms with Crippen LogP contribution >= 0.6 is 11.6 Å². The van der Waals surface area contributed by atoms with Crippen molar-refractivity contribution in [1.82, 2.24) is 0 Å². The molecule has 1 aliphatic carbocycles. The Bertz CT molecular complexity index is 968. The number of nitrogens with one attached hydrogen (secondary N) is 1. The number of hydrogen-bond acceptors (Lipinski definition) is 5. The molecular weight excluding hydrogens is 390 g/mol. The minimum absolute atomic E-state index is 0.171. The van der Waals surface area contributed by atoms with E-state index in [2.05, 4.69) is 5.32 Å². The lowest BCUT2D eigenvalue weighted by molar-refractivity contribution is -0.152. The van der Waals surface area contributed by atoms with E-state index in [1.165, 1.54) is 6.08 Å². The first-order valence-electron chi connectivity index (χ1n) is 9.48. The highest BCUT2D eigenvalue weighted by Crippen LogP contribution is 2.31. The molecule has 1 aliphatic rings. The molecule has 2 atom stereocenters. The summed E-state index contributed by atoms with van der Waals surface area (Å²) in [5, 5.41) is 3.63. The maximum absolute atomic E-state index is 13.0. The molecule has 0 saturated heterocycles. The molecule has 29 heavy (non-hydrogen) atoms. The number of esters is 1. The van der Waals surface area contributed by atoms with E-state index in [1.807, 2.05) is 13.0 Å². The molecule has 0 saturated carbocycles. The molecular formula is C23H22ClNO4. The fourth-order valence-corrected chi connectivity index (χ4v) is 3.64. The summed E-state index contributed by atoms with van der Waals surface area (Å²) in [6.45, 7) is 3.79. The number of rotatable bonds is 6. The number of benzene rings is 2. The molecule has 0 bridgehead atoms. The quantitative estimate of drug-likeness (QED) is 0.425. The fourth-order valence-electron chi connectivity index (χ4n) is 3.46. The number of halogens is 1. The molecule has 1 N–H and O–H groups in total. The van der Waals surface area contributed by atoms with Crippen LogP contribution in [0.2, 0.25) is 5.02 Å². The van der Waals surface area contributed by atoms with E-state index in [-0.39, 0.29) is 24.1 Å². The standard InChI is InChI=1S/C23H22ClNO4/c1-3-29-23(28)21-14(2)11-17(13-20(21)26)25-19-10-9-16(24)12-18(19)22(27)15-7-5-4-6-8-15/h4-10,12-14,21,25H,3,11H2,1-2H3. The van der Waals surface area contributed by atoms with Crippen LogP contribution in [0.25, 0.3) is 0 Å². The zero-order valence-electron chi connectivity index (χ0n) is 16.3. The SMILES string of the molecule is CCOC(=O)C1C(=O)C=C(Nc2ccc(Cl)cc2C(=O)c2ccccc2)CC1C. The van der Waals surface area contributed by atoms with Crippen LogP contribution in [-0.2, 0) is 14.3 Å². The summed E-state index contributed by atoms with van der Waals surface area (Å²) in [7, 11) is 0. The molecule has 0 heterocycles. The van der Waals surface area contributed by atoms with Gasteiger partial charge in [0.05, 0.1) is 6.61 Å². The normalized spacial score (nSPS) is 18.7. The van der Waals surface area contributed by atoms with Gasteiger partial charge in [-0.1, -0.05) is 48.9 Å². The molecule has 0 aromatic heterocycles. The van der Waals surface area contributed by atoms with Crippen molar-refractivity contribution >= 4 is 34.8 Å². The van der Waals surface area contributed by atoms with Gasteiger partial charge in [0.25, 0.3) is 0 Å². The van der Waals surface area contributed by atoms with E-state index in [1.54, 1.807) is 49.4 Å². The van der Waals surface area contributed by atoms with Gasteiger partial charge in [0.2, 0.25) is 0 Å². The second kappa shape index (κ2) is 9.05. The van der Waals surface area contributed by atoms with Crippen LogP contribution in [0.3, 0.4) is 0 Å². The zero-order chi connectivity index (χ0) is 21.0. The lowest BCUT2D eigenvalue weighted by Gasteiger charge is -2.27. The third-order valence-electron chi connectivity index (χ3n) is 4.83. The first-order valence-corrected chi connectivity index (χ1v) is 9.86. The Hall–Kier alpha value is -2.92. The summed E-state index contributed by atoms with van der Waals surface area (Å²) in [5.41, 5.74) is 2.16. The Balaban J connectivity index is 1.88. The van der Waals surface area contributed by atoms with Crippen molar-refractivity contribution in [3.05, 3.63) is 76.5 Å². The minimum Gasteiger partial charge on any atom is -0.465 e. The molecule has 0 spiro atoms. The second-order valence-corrected chi connectivity index (χ2v) is 7.43. The monoisotopic (exact) mass is 411 g/mol. The van der Waals surface area contributed by atoms with Crippen LogP contribution in [0.5, 0.6) is 0 Å². The van der Waals surface area contributed by atoms with Gasteiger partial charge in [-0.2, -0.15) is 0 Å². The Morgan fingerprint density at radius 3 is 2.55 bits per heavy atom. The molecule has 0 radical (unpaired) electrons. The van der Waals surface area contributed by atoms with Gasteiger partial charge in [0, 0.05) is 33.6 Å². The third-order valence-corrected chi connectivity index (χ3v) is 5.07. The number of ketones is 2. The molecule has 5 nitrogen and oxygen atoms in total. The summed E-state index contributed by atoms with van der Waals surface area (Å²) >= 11 is 6.12. The number of anilines is 1. The Morgan fingerprint density at radius 2 is 1.90 bits per heavy atom. The van der Waals surface area contributed by atoms with Crippen molar-refractivity contribution < 1.29 is 19.1 Å². The van der Waals surface area contributed by atoms with Crippen LogP contribution < -0.4 is 5.32 Å². The summed E-state index contributed by atoms with van der Waals surface area (Å²) in [6, 6.07) is 13.9. The van der Waals surface area contributed by atoms with E-state index < -0.39 is 11.9 Å². The summed E-state index contributed by atoms with van der Waals surface area (Å²) in [4.78, 5) is 37.5. The van der Waals surface area contributed by atoms with Crippen LogP contribution in [0, 0.1) is 11.8 Å². The van der Waals surface area contributed by atoms with Gasteiger partial charge in [0.1, 0.15) is 5.92 Å². The topological polar surface area (TPSA) is 72.5 Å². The van der Waals surface area contributed by atoms with Crippen molar-refractivity contribution in [2.75, 3.05) is 11.9 Å². The van der Waals surface area contributed by atoms with Gasteiger partial charge in [-0.25, -0.2) is 0 Å². The average Bonchev–Trinajstić information content (AvgIpc) is 2.69. The Morgan fingerprint density at radius 1 is 1.17 bits per heavy atom. The average molecular weight is 412 g/mol. The zero-order valence-corrected chi connectivity index (χ0v) is 17.0. The number of carbonyl (C=O) groups is 3. The second-order valence-electron chi connectivity index (χ2n) is 6.99. The third kappa shape index (κ3) is 4.74. The van der Waals surface area contributed by atoms with Crippen LogP contribution in [-0.4, -0.2) is 24.1 Å². The maximum Gasteiger partial charge on any atom is 0.317 e. The van der Waals surface area contributed by atoms with E-state index in [0.717, 1.165) is 0 Å². The van der Waals surface area contributed by atoms with Gasteiger partial charge in [-0.05, 0) is 37.5 Å². The lowest BCUT2D eigenvalue weighted by Crippen LogP contribution is -2.35. The minimum atomic E-state index is -0.795. The predicted molar refractivity (Wildman–Crippen MR) is 112 cm³/mol. The van der Waals surface area contributed by atoms with Crippen molar-refractivity contribution in [2.24, 2.45) is 11.8 Å². The Kier molecular flexibility index (Phi) is 6.49. The molecule has 6 heteroatoms. The summed E-state index contributed by atoms with van der Waals surface area (Å²) in [6.07, 6.45) is 1.91. The van der Waals surface area contributed by atoms with E-state index >= 15 is 0 Å². The summed E-state index contributed by atoms with van der Waals surface area (Å²) < 4.78 is 5.02. The molecule has 3 rings (SSSR count). The van der Waals surface area contributed by atoms with Crippen molar-refractivity contribution in [2.45, 2.75) is 20.3 Å². The maximum atomic E-state index is 13.0. The van der Waals surface area contributed by atoms with Gasteiger partial charge in [-0.15, -0.1) is 0 Å². The van der Waals surface area contributed by atoms with Crippen LogP contribution in [0.1, 0.15) is 36.2 Å². The highest BCUT2D eigenvalue weighted by molar-refractivity contribution is 6.31. The molecule has 150 valence electrons. The van der Waals surface area contributed by atoms with Gasteiger partial charge < -0.3 is 10.1 Å². The van der Waals surface area contributed by atoms with E-state index in [4.69, 9.17) is 16.3 Å². The van der Waals surface area contributed by atoms with Crippen LogP contribution in [0.4, 0.5) is 5.69 Å². The molecule has 2 aromatic carbocycles. The van der Waals surface area contributed by atoms with Gasteiger partial charge in [-0.3, -0.25) is 14.4 Å². The van der Waals surface area contributed by atoms with Crippen molar-refractivity contribution in [3.63, 3.8) is 0 Å². The molecule has 0 fully saturated rings. The first kappa shape index (κ1) is 20.8. The lowest BCUT2D eigenvalue weighted by atomic mass is 9.82. The summed E-state index contributed by atoms with van der Waals surface area (Å²) in [5.74, 6) is -1.97. The highest BCUT2D eigenvalue weighted by Gasteiger charge is 2.36. The number of carbonyl (C=O) groups excluding carboxylic acids is 3. The first-order chi connectivity index (χ1) is 13.9. The molecule has 0 amide bonds.